The Bertz CT molecular complexity index is 461. The Morgan fingerprint density at radius 2 is 2.00 bits per heavy atom. The van der Waals surface area contributed by atoms with Crippen molar-refractivity contribution in [3.63, 3.8) is 0 Å². The highest BCUT2D eigenvalue weighted by Gasteiger charge is 2.16. The van der Waals surface area contributed by atoms with Crippen LogP contribution in [-0.4, -0.2) is 41.1 Å². The maximum Gasteiger partial charge on any atom is 0.254 e. The number of oxime groups is 1. The third kappa shape index (κ3) is 5.09. The van der Waals surface area contributed by atoms with Crippen LogP contribution < -0.4 is 0 Å². The van der Waals surface area contributed by atoms with Crippen molar-refractivity contribution in [2.45, 2.75) is 13.8 Å². The van der Waals surface area contributed by atoms with Gasteiger partial charge in [0, 0.05) is 12.6 Å². The first-order valence-electron chi connectivity index (χ1n) is 5.76. The summed E-state index contributed by atoms with van der Waals surface area (Å²) in [4.78, 5) is 24.0. The molecule has 0 aliphatic rings. The molecule has 0 radical (unpaired) electrons. The van der Waals surface area contributed by atoms with Crippen molar-refractivity contribution in [3.8, 4) is 0 Å². The largest absolute Gasteiger partial charge is 0.410 e. The molecule has 1 amide bonds. The second-order valence-electron chi connectivity index (χ2n) is 3.34. The van der Waals surface area contributed by atoms with E-state index in [-0.39, 0.29) is 23.2 Å². The van der Waals surface area contributed by atoms with Gasteiger partial charge in [0.2, 0.25) is 0 Å². The highest BCUT2D eigenvalue weighted by molar-refractivity contribution is 6.66. The molecule has 0 aliphatic carbocycles. The van der Waals surface area contributed by atoms with Gasteiger partial charge in [-0.2, -0.15) is 0 Å². The molecule has 19 heavy (non-hydrogen) atoms. The summed E-state index contributed by atoms with van der Waals surface area (Å²) in [5.41, 5.74) is 0.591. The van der Waals surface area contributed by atoms with E-state index in [0.29, 0.717) is 11.8 Å². The molecule has 0 aromatic heterocycles. The number of amides is 1. The fraction of sp³-hybridized carbons (Fsp3) is 0.308. The standard InChI is InChI=1S/C11H11ClN2O3.C2H6/c1-14(6-10(12)13-17)11(16)9-5-3-2-4-8(9)7-15;1-2/h2-5,7,17H,6H2,1H3;1-2H3/b13-10-;. The van der Waals surface area contributed by atoms with E-state index in [1.165, 1.54) is 11.9 Å². The van der Waals surface area contributed by atoms with Crippen LogP contribution in [0.25, 0.3) is 0 Å². The normalized spacial score (nSPS) is 10.2. The van der Waals surface area contributed by atoms with Crippen molar-refractivity contribution in [3.05, 3.63) is 35.4 Å². The van der Waals surface area contributed by atoms with Crippen LogP contribution >= 0.6 is 11.6 Å². The lowest BCUT2D eigenvalue weighted by Crippen LogP contribution is -2.31. The van der Waals surface area contributed by atoms with Crippen LogP contribution in [0.3, 0.4) is 0 Å². The van der Waals surface area contributed by atoms with E-state index in [2.05, 4.69) is 5.16 Å². The van der Waals surface area contributed by atoms with Crippen molar-refractivity contribution < 1.29 is 14.8 Å². The van der Waals surface area contributed by atoms with E-state index >= 15 is 0 Å². The van der Waals surface area contributed by atoms with E-state index in [1.807, 2.05) is 13.8 Å². The fourth-order valence-electron chi connectivity index (χ4n) is 1.30. The minimum absolute atomic E-state index is 0.0237. The van der Waals surface area contributed by atoms with Crippen LogP contribution in [0.5, 0.6) is 0 Å². The maximum atomic E-state index is 11.9. The van der Waals surface area contributed by atoms with Gasteiger partial charge in [0.15, 0.2) is 11.5 Å². The zero-order valence-corrected chi connectivity index (χ0v) is 11.9. The van der Waals surface area contributed by atoms with Gasteiger partial charge in [-0.05, 0) is 6.07 Å². The van der Waals surface area contributed by atoms with Gasteiger partial charge < -0.3 is 10.1 Å². The van der Waals surface area contributed by atoms with Crippen molar-refractivity contribution in [1.29, 1.82) is 0 Å². The van der Waals surface area contributed by atoms with Gasteiger partial charge in [0.25, 0.3) is 5.91 Å². The zero-order valence-electron chi connectivity index (χ0n) is 11.1. The van der Waals surface area contributed by atoms with E-state index in [0.717, 1.165) is 0 Å². The molecule has 0 saturated carbocycles. The first-order chi connectivity index (χ1) is 9.10. The van der Waals surface area contributed by atoms with Crippen LogP contribution in [0.1, 0.15) is 34.6 Å². The lowest BCUT2D eigenvalue weighted by Gasteiger charge is -2.16. The molecular weight excluding hydrogens is 268 g/mol. The molecule has 5 nitrogen and oxygen atoms in total. The van der Waals surface area contributed by atoms with Crippen molar-refractivity contribution in [2.24, 2.45) is 5.16 Å². The summed E-state index contributed by atoms with van der Waals surface area (Å²) in [6.45, 7) is 3.98. The third-order valence-electron chi connectivity index (χ3n) is 2.14. The van der Waals surface area contributed by atoms with Crippen molar-refractivity contribution >= 4 is 29.0 Å². The molecular formula is C13H17ClN2O3. The molecule has 0 aliphatic heterocycles. The van der Waals surface area contributed by atoms with Crippen molar-refractivity contribution in [1.82, 2.24) is 4.90 Å². The number of hydrogen-bond donors (Lipinski definition) is 1. The molecule has 1 aromatic carbocycles. The number of hydrogen-bond acceptors (Lipinski definition) is 4. The molecule has 0 bridgehead atoms. The third-order valence-corrected chi connectivity index (χ3v) is 2.34. The molecule has 0 spiro atoms. The summed E-state index contributed by atoms with van der Waals surface area (Å²) in [7, 11) is 1.50. The monoisotopic (exact) mass is 284 g/mol. The van der Waals surface area contributed by atoms with Gasteiger partial charge in [0.1, 0.15) is 0 Å². The Morgan fingerprint density at radius 3 is 2.53 bits per heavy atom. The minimum Gasteiger partial charge on any atom is -0.410 e. The predicted octanol–water partition coefficient (Wildman–Crippen LogP) is 2.62. The Balaban J connectivity index is 0.00000154. The van der Waals surface area contributed by atoms with E-state index in [1.54, 1.807) is 24.3 Å². The molecule has 0 fully saturated rings. The number of carbonyl (C=O) groups excluding carboxylic acids is 2. The van der Waals surface area contributed by atoms with Gasteiger partial charge in [0.05, 0.1) is 12.1 Å². The number of nitrogens with zero attached hydrogens (tertiary/aromatic N) is 2. The predicted molar refractivity (Wildman–Crippen MR) is 75.2 cm³/mol. The van der Waals surface area contributed by atoms with Gasteiger partial charge in [-0.3, -0.25) is 9.59 Å². The summed E-state index contributed by atoms with van der Waals surface area (Å²) in [6.07, 6.45) is 0.614. The average Bonchev–Trinajstić information content (AvgIpc) is 2.48. The summed E-state index contributed by atoms with van der Waals surface area (Å²) in [6, 6.07) is 6.43. The molecule has 1 rings (SSSR count). The zero-order chi connectivity index (χ0) is 14.8. The number of benzene rings is 1. The minimum atomic E-state index is -0.366. The smallest absolute Gasteiger partial charge is 0.254 e. The van der Waals surface area contributed by atoms with E-state index in [9.17, 15) is 9.59 Å². The fourth-order valence-corrected chi connectivity index (χ4v) is 1.48. The molecule has 1 aromatic rings. The van der Waals surface area contributed by atoms with Crippen molar-refractivity contribution in [2.75, 3.05) is 13.6 Å². The van der Waals surface area contributed by atoms with Crippen LogP contribution in [0, 0.1) is 0 Å². The Kier molecular flexibility index (Phi) is 8.20. The van der Waals surface area contributed by atoms with Gasteiger partial charge >= 0.3 is 0 Å². The lowest BCUT2D eigenvalue weighted by atomic mass is 10.1. The highest BCUT2D eigenvalue weighted by Crippen LogP contribution is 2.09. The molecule has 1 N–H and O–H groups in total. The Morgan fingerprint density at radius 1 is 1.42 bits per heavy atom. The second-order valence-corrected chi connectivity index (χ2v) is 3.78. The van der Waals surface area contributed by atoms with Crippen LogP contribution in [0.2, 0.25) is 0 Å². The highest BCUT2D eigenvalue weighted by atomic mass is 35.5. The average molecular weight is 285 g/mol. The van der Waals surface area contributed by atoms with Crippen LogP contribution in [-0.2, 0) is 0 Å². The first kappa shape index (κ1) is 17.1. The van der Waals surface area contributed by atoms with Gasteiger partial charge in [-0.15, -0.1) is 0 Å². The first-order valence-corrected chi connectivity index (χ1v) is 6.14. The molecule has 6 heteroatoms. The Labute approximate surface area is 117 Å². The topological polar surface area (TPSA) is 70.0 Å². The van der Waals surface area contributed by atoms with E-state index in [4.69, 9.17) is 16.8 Å². The molecule has 104 valence electrons. The van der Waals surface area contributed by atoms with Crippen LogP contribution in [0.15, 0.2) is 29.4 Å². The molecule has 0 atom stereocenters. The number of rotatable bonds is 4. The van der Waals surface area contributed by atoms with E-state index < -0.39 is 0 Å². The number of carbonyl (C=O) groups is 2. The maximum absolute atomic E-state index is 11.9. The summed E-state index contributed by atoms with van der Waals surface area (Å²) < 4.78 is 0. The summed E-state index contributed by atoms with van der Waals surface area (Å²) in [5.74, 6) is -0.366. The van der Waals surface area contributed by atoms with Gasteiger partial charge in [-0.1, -0.05) is 48.8 Å². The molecule has 0 unspecified atom stereocenters. The second kappa shape index (κ2) is 9.10. The summed E-state index contributed by atoms with van der Waals surface area (Å²) >= 11 is 5.50. The van der Waals surface area contributed by atoms with Crippen LogP contribution in [0.4, 0.5) is 0 Å². The Hall–Kier alpha value is -1.88. The SMILES string of the molecule is CC.CN(C/C(Cl)=N/O)C(=O)c1ccccc1C=O. The van der Waals surface area contributed by atoms with Gasteiger partial charge in [-0.25, -0.2) is 0 Å². The quantitative estimate of drug-likeness (QED) is 0.400. The number of halogens is 1. The summed E-state index contributed by atoms with van der Waals surface area (Å²) in [5, 5.41) is 11.1. The molecule has 0 heterocycles. The lowest BCUT2D eigenvalue weighted by molar-refractivity contribution is 0.0811. The number of aldehydes is 1. The molecule has 0 saturated heterocycles.